The summed E-state index contributed by atoms with van der Waals surface area (Å²) in [6.07, 6.45) is 1.34. The molecule has 3 heteroatoms. The quantitative estimate of drug-likeness (QED) is 0.364. The van der Waals surface area contributed by atoms with Gasteiger partial charge in [-0.1, -0.05) is 0 Å². The van der Waals surface area contributed by atoms with Crippen LogP contribution in [0, 0.1) is 0 Å². The molecule has 1 amide bonds. The predicted octanol–water partition coefficient (Wildman–Crippen LogP) is 0.429. The van der Waals surface area contributed by atoms with Gasteiger partial charge in [-0.2, -0.15) is 0 Å². The summed E-state index contributed by atoms with van der Waals surface area (Å²) >= 11 is 0. The first-order chi connectivity index (χ1) is 3.72. The maximum atomic E-state index is 10.3. The van der Waals surface area contributed by atoms with Crippen molar-refractivity contribution < 1.29 is 9.90 Å². The highest BCUT2D eigenvalue weighted by molar-refractivity contribution is 6.24. The molecule has 8 heavy (non-hydrogen) atoms. The number of amides is 1. The second kappa shape index (κ2) is 1.43. The Kier molecular flexibility index (Phi) is 0.901. The van der Waals surface area contributed by atoms with E-state index in [0.717, 1.165) is 0 Å². The molecule has 0 aromatic rings. The fourth-order valence-electron chi connectivity index (χ4n) is 0.430. The van der Waals surface area contributed by atoms with Gasteiger partial charge in [0.25, 0.3) is 5.91 Å². The fourth-order valence-corrected chi connectivity index (χ4v) is 0.430. The first-order valence-electron chi connectivity index (χ1n) is 2.20. The maximum absolute atomic E-state index is 10.3. The molecule has 1 heterocycles. The zero-order valence-electron chi connectivity index (χ0n) is 4.38. The second-order valence-corrected chi connectivity index (χ2v) is 1.56. The number of aliphatic imine (C=N–C) groups is 1. The fraction of sp³-hybridized carbons (Fsp3) is 0.200. The first-order valence-corrected chi connectivity index (χ1v) is 2.20. The minimum Gasteiger partial charge on any atom is -0.512 e. The molecule has 0 saturated heterocycles. The molecule has 0 unspecified atom stereocenters. The number of rotatable bonds is 0. The number of allylic oxidation sites excluding steroid dienone is 1. The van der Waals surface area contributed by atoms with Crippen LogP contribution in [0.25, 0.3) is 0 Å². The van der Waals surface area contributed by atoms with Crippen LogP contribution in [0.3, 0.4) is 0 Å². The molecule has 1 aliphatic heterocycles. The van der Waals surface area contributed by atoms with E-state index in [4.69, 9.17) is 5.11 Å². The van der Waals surface area contributed by atoms with Crippen molar-refractivity contribution in [3.63, 3.8) is 0 Å². The highest BCUT2D eigenvalue weighted by atomic mass is 16.3. The molecule has 0 saturated carbocycles. The van der Waals surface area contributed by atoms with Crippen molar-refractivity contribution in [2.75, 3.05) is 0 Å². The summed E-state index contributed by atoms with van der Waals surface area (Å²) in [5.74, 6) is -0.282. The lowest BCUT2D eigenvalue weighted by Gasteiger charge is -2.03. The van der Waals surface area contributed by atoms with Gasteiger partial charge < -0.3 is 5.11 Å². The van der Waals surface area contributed by atoms with E-state index in [1.807, 2.05) is 0 Å². The number of hydrogen-bond donors (Lipinski definition) is 1. The van der Waals surface area contributed by atoms with Gasteiger partial charge in [0, 0.05) is 6.21 Å². The number of hydrogen-bond acceptors (Lipinski definition) is 2. The Balaban J connectivity index is 2.95. The Bertz CT molecular complexity index is 187. The lowest BCUT2D eigenvalue weighted by atomic mass is 10.2. The molecule has 0 radical (unpaired) electrons. The summed E-state index contributed by atoms with van der Waals surface area (Å²) in [5, 5.41) is 8.61. The lowest BCUT2D eigenvalue weighted by Crippen LogP contribution is -2.12. The third-order valence-electron chi connectivity index (χ3n) is 0.931. The van der Waals surface area contributed by atoms with E-state index in [1.165, 1.54) is 13.1 Å². The molecule has 1 N–H and O–H groups in total. The summed E-state index contributed by atoms with van der Waals surface area (Å²) in [7, 11) is 0. The minimum absolute atomic E-state index is 0.0463. The summed E-state index contributed by atoms with van der Waals surface area (Å²) < 4.78 is 0. The molecule has 0 aliphatic carbocycles. The lowest BCUT2D eigenvalue weighted by molar-refractivity contribution is -0.114. The van der Waals surface area contributed by atoms with Gasteiger partial charge in [-0.05, 0) is 6.92 Å². The normalized spacial score (nSPS) is 22.9. The summed E-state index contributed by atoms with van der Waals surface area (Å²) in [4.78, 5) is 13.5. The number of aliphatic hydroxyl groups excluding tert-OH is 1. The second-order valence-electron chi connectivity index (χ2n) is 1.56. The van der Waals surface area contributed by atoms with Crippen LogP contribution in [0.4, 0.5) is 0 Å². The van der Waals surface area contributed by atoms with E-state index < -0.39 is 0 Å². The summed E-state index contributed by atoms with van der Waals surface area (Å²) in [5.41, 5.74) is 0.324. The zero-order chi connectivity index (χ0) is 6.15. The Hall–Kier alpha value is -1.12. The zero-order valence-corrected chi connectivity index (χ0v) is 4.38. The van der Waals surface area contributed by atoms with Crippen LogP contribution in [0.15, 0.2) is 16.3 Å². The van der Waals surface area contributed by atoms with Crippen molar-refractivity contribution in [3.8, 4) is 0 Å². The molecular formula is C5H5NO2. The third-order valence-corrected chi connectivity index (χ3v) is 0.931. The standard InChI is InChI=1S/C5H5NO2/c1-3(7)4-2-6-5(4)8/h2,7H,1H3. The SMILES string of the molecule is CC(O)=C1C=NC1=O. The predicted molar refractivity (Wildman–Crippen MR) is 28.8 cm³/mol. The molecule has 42 valence electrons. The van der Waals surface area contributed by atoms with Gasteiger partial charge >= 0.3 is 0 Å². The number of carbonyl (C=O) groups excluding carboxylic acids is 1. The molecule has 0 aromatic heterocycles. The van der Waals surface area contributed by atoms with E-state index >= 15 is 0 Å². The topological polar surface area (TPSA) is 49.7 Å². The van der Waals surface area contributed by atoms with Crippen LogP contribution in [-0.4, -0.2) is 17.2 Å². The van der Waals surface area contributed by atoms with Gasteiger partial charge in [0.2, 0.25) is 0 Å². The molecule has 0 aromatic carbocycles. The van der Waals surface area contributed by atoms with Crippen LogP contribution < -0.4 is 0 Å². The van der Waals surface area contributed by atoms with E-state index in [1.54, 1.807) is 0 Å². The monoisotopic (exact) mass is 111 g/mol. The van der Waals surface area contributed by atoms with Gasteiger partial charge in [-0.15, -0.1) is 0 Å². The van der Waals surface area contributed by atoms with Crippen molar-refractivity contribution in [1.29, 1.82) is 0 Å². The first kappa shape index (κ1) is 5.03. The van der Waals surface area contributed by atoms with Crippen LogP contribution >= 0.6 is 0 Å². The Labute approximate surface area is 46.4 Å². The average molecular weight is 111 g/mol. The van der Waals surface area contributed by atoms with Gasteiger partial charge in [-0.25, -0.2) is 4.99 Å². The van der Waals surface area contributed by atoms with Crippen LogP contribution in [-0.2, 0) is 4.79 Å². The molecule has 0 bridgehead atoms. The van der Waals surface area contributed by atoms with Crippen molar-refractivity contribution in [2.45, 2.75) is 6.92 Å². The van der Waals surface area contributed by atoms with Crippen LogP contribution in [0.1, 0.15) is 6.92 Å². The highest BCUT2D eigenvalue weighted by Crippen LogP contribution is 2.07. The summed E-state index contributed by atoms with van der Waals surface area (Å²) in [6.45, 7) is 1.46. The van der Waals surface area contributed by atoms with Gasteiger partial charge in [0.05, 0.1) is 5.57 Å². The number of aliphatic hydroxyl groups is 1. The largest absolute Gasteiger partial charge is 0.512 e. The van der Waals surface area contributed by atoms with Crippen LogP contribution in [0.5, 0.6) is 0 Å². The maximum Gasteiger partial charge on any atom is 0.281 e. The van der Waals surface area contributed by atoms with E-state index in [-0.39, 0.29) is 11.7 Å². The van der Waals surface area contributed by atoms with Crippen molar-refractivity contribution in [2.24, 2.45) is 4.99 Å². The molecule has 1 aliphatic rings. The molecule has 0 atom stereocenters. The average Bonchev–Trinajstić information content (AvgIpc) is 1.61. The van der Waals surface area contributed by atoms with E-state index in [9.17, 15) is 4.79 Å². The van der Waals surface area contributed by atoms with E-state index in [0.29, 0.717) is 5.57 Å². The number of carbonyl (C=O) groups is 1. The molecule has 0 fully saturated rings. The Morgan fingerprint density at radius 1 is 1.88 bits per heavy atom. The van der Waals surface area contributed by atoms with Crippen molar-refractivity contribution >= 4 is 12.1 Å². The Morgan fingerprint density at radius 2 is 2.50 bits per heavy atom. The molecule has 3 nitrogen and oxygen atoms in total. The van der Waals surface area contributed by atoms with Gasteiger partial charge in [-0.3, -0.25) is 4.79 Å². The number of nitrogens with zero attached hydrogens (tertiary/aromatic N) is 1. The molecule has 1 rings (SSSR count). The highest BCUT2D eigenvalue weighted by Gasteiger charge is 2.16. The van der Waals surface area contributed by atoms with Gasteiger partial charge in [0.15, 0.2) is 0 Å². The van der Waals surface area contributed by atoms with Crippen LogP contribution in [0.2, 0.25) is 0 Å². The Morgan fingerprint density at radius 3 is 2.50 bits per heavy atom. The van der Waals surface area contributed by atoms with Gasteiger partial charge in [0.1, 0.15) is 5.76 Å². The summed E-state index contributed by atoms with van der Waals surface area (Å²) in [6, 6.07) is 0. The van der Waals surface area contributed by atoms with E-state index in [2.05, 4.69) is 4.99 Å². The van der Waals surface area contributed by atoms with Crippen molar-refractivity contribution in [1.82, 2.24) is 0 Å². The minimum atomic E-state index is -0.329. The smallest absolute Gasteiger partial charge is 0.281 e. The van der Waals surface area contributed by atoms with Crippen molar-refractivity contribution in [3.05, 3.63) is 11.3 Å². The third kappa shape index (κ3) is 0.521. The molecular weight excluding hydrogens is 106 g/mol. The molecule has 0 spiro atoms.